The number of furan rings is 1. The summed E-state index contributed by atoms with van der Waals surface area (Å²) in [6.07, 6.45) is 0. The van der Waals surface area contributed by atoms with Crippen LogP contribution >= 0.6 is 11.6 Å². The van der Waals surface area contributed by atoms with Gasteiger partial charge in [-0.3, -0.25) is 4.79 Å². The predicted molar refractivity (Wildman–Crippen MR) is 88.0 cm³/mol. The Labute approximate surface area is 132 Å². The maximum absolute atomic E-state index is 12.1. The van der Waals surface area contributed by atoms with Gasteiger partial charge in [0.25, 0.3) is 5.91 Å². The van der Waals surface area contributed by atoms with Crippen molar-refractivity contribution in [2.45, 2.75) is 0 Å². The Bertz CT molecular complexity index is 792. The minimum Gasteiger partial charge on any atom is -0.451 e. The van der Waals surface area contributed by atoms with Crippen molar-refractivity contribution in [3.63, 3.8) is 0 Å². The molecule has 110 valence electrons. The first-order chi connectivity index (χ1) is 10.6. The second-order valence-corrected chi connectivity index (χ2v) is 5.18. The van der Waals surface area contributed by atoms with Gasteiger partial charge in [0.15, 0.2) is 5.76 Å². The van der Waals surface area contributed by atoms with Gasteiger partial charge in [-0.2, -0.15) is 0 Å². The van der Waals surface area contributed by atoms with Gasteiger partial charge >= 0.3 is 0 Å². The van der Waals surface area contributed by atoms with Crippen LogP contribution in [0.4, 0.5) is 11.4 Å². The Kier molecular flexibility index (Phi) is 3.85. The van der Waals surface area contributed by atoms with Crippen molar-refractivity contribution >= 4 is 28.9 Å². The van der Waals surface area contributed by atoms with Crippen molar-refractivity contribution in [1.29, 1.82) is 0 Å². The van der Waals surface area contributed by atoms with Crippen LogP contribution in [-0.4, -0.2) is 5.91 Å². The summed E-state index contributed by atoms with van der Waals surface area (Å²) < 4.78 is 5.59. The number of nitrogens with two attached hydrogens (primary N) is 1. The average Bonchev–Trinajstić information content (AvgIpc) is 3.00. The quantitative estimate of drug-likeness (QED) is 0.703. The van der Waals surface area contributed by atoms with E-state index in [1.807, 2.05) is 12.1 Å². The summed E-state index contributed by atoms with van der Waals surface area (Å²) in [4.78, 5) is 12.1. The highest BCUT2D eigenvalue weighted by Crippen LogP contribution is 2.24. The standard InChI is InChI=1S/C17H13ClN2O2/c18-12-3-1-11(2-4-12)15-9-10-16(22-15)17(21)20-14-7-5-13(19)6-8-14/h1-10H,19H2,(H,20,21). The third-order valence-electron chi connectivity index (χ3n) is 3.13. The summed E-state index contributed by atoms with van der Waals surface area (Å²) in [5.41, 5.74) is 7.76. The maximum Gasteiger partial charge on any atom is 0.291 e. The molecule has 3 N–H and O–H groups in total. The summed E-state index contributed by atoms with van der Waals surface area (Å²) in [5.74, 6) is 0.533. The first-order valence-corrected chi connectivity index (χ1v) is 7.02. The minimum absolute atomic E-state index is 0.238. The molecule has 0 unspecified atom stereocenters. The number of nitrogen functional groups attached to an aromatic ring is 1. The van der Waals surface area contributed by atoms with E-state index in [0.717, 1.165) is 5.56 Å². The van der Waals surface area contributed by atoms with Crippen LogP contribution in [0.1, 0.15) is 10.6 Å². The predicted octanol–water partition coefficient (Wildman–Crippen LogP) is 4.43. The fourth-order valence-corrected chi connectivity index (χ4v) is 2.11. The van der Waals surface area contributed by atoms with E-state index in [-0.39, 0.29) is 11.7 Å². The third-order valence-corrected chi connectivity index (χ3v) is 3.38. The molecule has 0 aliphatic carbocycles. The number of anilines is 2. The molecule has 1 amide bonds. The lowest BCUT2D eigenvalue weighted by molar-refractivity contribution is 0.0997. The highest BCUT2D eigenvalue weighted by Gasteiger charge is 2.12. The van der Waals surface area contributed by atoms with Crippen LogP contribution in [0, 0.1) is 0 Å². The monoisotopic (exact) mass is 312 g/mol. The molecule has 0 aliphatic rings. The third kappa shape index (κ3) is 3.13. The lowest BCUT2D eigenvalue weighted by atomic mass is 10.2. The van der Waals surface area contributed by atoms with Crippen LogP contribution in [0.2, 0.25) is 5.02 Å². The molecular formula is C17H13ClN2O2. The van der Waals surface area contributed by atoms with Crippen LogP contribution < -0.4 is 11.1 Å². The fraction of sp³-hybridized carbons (Fsp3) is 0. The van der Waals surface area contributed by atoms with Crippen LogP contribution in [0.15, 0.2) is 65.1 Å². The van der Waals surface area contributed by atoms with E-state index in [1.165, 1.54) is 0 Å². The molecule has 0 spiro atoms. The molecule has 0 saturated carbocycles. The number of carbonyl (C=O) groups is 1. The fourth-order valence-electron chi connectivity index (χ4n) is 1.99. The maximum atomic E-state index is 12.1. The summed E-state index contributed by atoms with van der Waals surface area (Å²) in [6.45, 7) is 0. The summed E-state index contributed by atoms with van der Waals surface area (Å²) in [6, 6.07) is 17.5. The van der Waals surface area contributed by atoms with Crippen LogP contribution in [0.5, 0.6) is 0 Å². The molecule has 0 aliphatic heterocycles. The minimum atomic E-state index is -0.315. The van der Waals surface area contributed by atoms with E-state index in [1.54, 1.807) is 48.5 Å². The average molecular weight is 313 g/mol. The number of hydrogen-bond donors (Lipinski definition) is 2. The van der Waals surface area contributed by atoms with Crippen LogP contribution in [0.3, 0.4) is 0 Å². The number of carbonyl (C=O) groups excluding carboxylic acids is 1. The highest BCUT2D eigenvalue weighted by molar-refractivity contribution is 6.30. The number of nitrogens with one attached hydrogen (secondary N) is 1. The highest BCUT2D eigenvalue weighted by atomic mass is 35.5. The molecule has 2 aromatic carbocycles. The molecule has 0 atom stereocenters. The smallest absolute Gasteiger partial charge is 0.291 e. The van der Waals surface area contributed by atoms with Gasteiger partial charge in [0.2, 0.25) is 0 Å². The number of benzene rings is 2. The first kappa shape index (κ1) is 14.2. The number of rotatable bonds is 3. The molecule has 3 rings (SSSR count). The normalized spacial score (nSPS) is 10.4. The zero-order valence-electron chi connectivity index (χ0n) is 11.5. The Hall–Kier alpha value is -2.72. The van der Waals surface area contributed by atoms with Crippen molar-refractivity contribution < 1.29 is 9.21 Å². The van der Waals surface area contributed by atoms with Gasteiger partial charge in [-0.05, 0) is 60.7 Å². The Balaban J connectivity index is 1.76. The van der Waals surface area contributed by atoms with Crippen molar-refractivity contribution in [1.82, 2.24) is 0 Å². The van der Waals surface area contributed by atoms with Gasteiger partial charge in [-0.25, -0.2) is 0 Å². The van der Waals surface area contributed by atoms with E-state index in [4.69, 9.17) is 21.8 Å². The van der Waals surface area contributed by atoms with Gasteiger partial charge in [-0.1, -0.05) is 11.6 Å². The second-order valence-electron chi connectivity index (χ2n) is 4.75. The summed E-state index contributed by atoms with van der Waals surface area (Å²) >= 11 is 5.85. The SMILES string of the molecule is Nc1ccc(NC(=O)c2ccc(-c3ccc(Cl)cc3)o2)cc1. The van der Waals surface area contributed by atoms with Gasteiger partial charge < -0.3 is 15.5 Å². The molecule has 1 aromatic heterocycles. The molecule has 22 heavy (non-hydrogen) atoms. The number of halogens is 1. The Morgan fingerprint density at radius 1 is 0.955 bits per heavy atom. The molecule has 0 radical (unpaired) electrons. The molecule has 4 nitrogen and oxygen atoms in total. The van der Waals surface area contributed by atoms with Gasteiger partial charge in [-0.15, -0.1) is 0 Å². The van der Waals surface area contributed by atoms with Gasteiger partial charge in [0.1, 0.15) is 5.76 Å². The second kappa shape index (κ2) is 5.95. The van der Waals surface area contributed by atoms with Crippen LogP contribution in [-0.2, 0) is 0 Å². The van der Waals surface area contributed by atoms with Crippen LogP contribution in [0.25, 0.3) is 11.3 Å². The van der Waals surface area contributed by atoms with Gasteiger partial charge in [0, 0.05) is 22.0 Å². The topological polar surface area (TPSA) is 68.3 Å². The van der Waals surface area contributed by atoms with E-state index in [0.29, 0.717) is 22.2 Å². The molecule has 0 fully saturated rings. The molecular weight excluding hydrogens is 300 g/mol. The Morgan fingerprint density at radius 3 is 2.32 bits per heavy atom. The zero-order chi connectivity index (χ0) is 15.5. The summed E-state index contributed by atoms with van der Waals surface area (Å²) in [7, 11) is 0. The number of amides is 1. The van der Waals surface area contributed by atoms with Crippen molar-refractivity contribution in [3.05, 3.63) is 71.4 Å². The molecule has 0 bridgehead atoms. The lowest BCUT2D eigenvalue weighted by Crippen LogP contribution is -2.10. The van der Waals surface area contributed by atoms with Crippen molar-refractivity contribution in [2.24, 2.45) is 0 Å². The Morgan fingerprint density at radius 2 is 1.64 bits per heavy atom. The molecule has 3 aromatic rings. The lowest BCUT2D eigenvalue weighted by Gasteiger charge is -2.03. The van der Waals surface area contributed by atoms with E-state index >= 15 is 0 Å². The van der Waals surface area contributed by atoms with Crippen molar-refractivity contribution in [3.8, 4) is 11.3 Å². The van der Waals surface area contributed by atoms with E-state index in [2.05, 4.69) is 5.32 Å². The first-order valence-electron chi connectivity index (χ1n) is 6.64. The van der Waals surface area contributed by atoms with Crippen molar-refractivity contribution in [2.75, 3.05) is 11.1 Å². The number of hydrogen-bond acceptors (Lipinski definition) is 3. The molecule has 5 heteroatoms. The molecule has 1 heterocycles. The van der Waals surface area contributed by atoms with E-state index in [9.17, 15) is 4.79 Å². The molecule has 0 saturated heterocycles. The van der Waals surface area contributed by atoms with E-state index < -0.39 is 0 Å². The summed E-state index contributed by atoms with van der Waals surface area (Å²) in [5, 5.41) is 3.40. The largest absolute Gasteiger partial charge is 0.451 e. The van der Waals surface area contributed by atoms with Gasteiger partial charge in [0.05, 0.1) is 0 Å². The zero-order valence-corrected chi connectivity index (χ0v) is 12.3.